The van der Waals surface area contributed by atoms with Crippen molar-refractivity contribution < 1.29 is 33.4 Å². The first-order valence-corrected chi connectivity index (χ1v) is 12.2. The van der Waals surface area contributed by atoms with Crippen molar-refractivity contribution in [1.29, 1.82) is 0 Å². The molecule has 192 valence electrons. The maximum absolute atomic E-state index is 13.8. The highest BCUT2D eigenvalue weighted by atomic mass is 35.5. The van der Waals surface area contributed by atoms with E-state index in [0.717, 1.165) is 0 Å². The predicted molar refractivity (Wildman–Crippen MR) is 135 cm³/mol. The lowest BCUT2D eigenvalue weighted by atomic mass is 9.78. The van der Waals surface area contributed by atoms with Crippen LogP contribution < -0.4 is 5.32 Å². The smallest absolute Gasteiger partial charge is 0.336 e. The van der Waals surface area contributed by atoms with Crippen molar-refractivity contribution in [3.63, 3.8) is 0 Å². The fourth-order valence-electron chi connectivity index (χ4n) is 4.67. The molecule has 8 nitrogen and oxygen atoms in total. The van der Waals surface area contributed by atoms with Gasteiger partial charge >= 0.3 is 11.9 Å². The minimum Gasteiger partial charge on any atom is -0.466 e. The van der Waals surface area contributed by atoms with Crippen molar-refractivity contribution in [3.05, 3.63) is 92.8 Å². The highest BCUT2D eigenvalue weighted by molar-refractivity contribution is 6.31. The molecule has 0 saturated heterocycles. The Morgan fingerprint density at radius 1 is 1.03 bits per heavy atom. The molecule has 2 aromatic rings. The van der Waals surface area contributed by atoms with Crippen LogP contribution in [0.4, 0.5) is 0 Å². The second kappa shape index (κ2) is 11.1. The third kappa shape index (κ3) is 4.95. The van der Waals surface area contributed by atoms with Gasteiger partial charge in [0.2, 0.25) is 0 Å². The van der Waals surface area contributed by atoms with Crippen LogP contribution in [0.15, 0.2) is 71.1 Å². The van der Waals surface area contributed by atoms with Crippen LogP contribution in [-0.2, 0) is 23.8 Å². The molecule has 1 N–H and O–H groups in total. The molecule has 37 heavy (non-hydrogen) atoms. The van der Waals surface area contributed by atoms with Gasteiger partial charge in [-0.05, 0) is 25.5 Å². The number of rotatable bonds is 5. The number of fused-ring (bicyclic) bond motifs is 1. The van der Waals surface area contributed by atoms with E-state index in [1.54, 1.807) is 62.4 Å². The van der Waals surface area contributed by atoms with E-state index in [9.17, 15) is 19.2 Å². The molecule has 2 atom stereocenters. The van der Waals surface area contributed by atoms with Gasteiger partial charge in [-0.1, -0.05) is 54.1 Å². The number of dihydropyridines is 1. The minimum atomic E-state index is -1.27. The average molecular weight is 524 g/mol. The highest BCUT2D eigenvalue weighted by Crippen LogP contribution is 2.43. The SMILES string of the molecule is CCOC(=O)C1=C([C@@H]2OCCC(=O)c3ccccc3C2=O)NC(C)=C(C(=O)OC)[C@H]1c1ccccc1Cl. The summed E-state index contributed by atoms with van der Waals surface area (Å²) < 4.78 is 16.4. The summed E-state index contributed by atoms with van der Waals surface area (Å²) in [5, 5.41) is 3.38. The Morgan fingerprint density at radius 3 is 2.38 bits per heavy atom. The lowest BCUT2D eigenvalue weighted by Crippen LogP contribution is -2.42. The third-order valence-corrected chi connectivity index (χ3v) is 6.66. The number of ketones is 2. The van der Waals surface area contributed by atoms with Gasteiger partial charge in [-0.3, -0.25) is 9.59 Å². The molecule has 0 radical (unpaired) electrons. The van der Waals surface area contributed by atoms with Crippen molar-refractivity contribution in [1.82, 2.24) is 5.32 Å². The van der Waals surface area contributed by atoms with Crippen LogP contribution in [0.5, 0.6) is 0 Å². The van der Waals surface area contributed by atoms with E-state index in [2.05, 4.69) is 5.32 Å². The van der Waals surface area contributed by atoms with E-state index >= 15 is 0 Å². The van der Waals surface area contributed by atoms with Gasteiger partial charge in [-0.2, -0.15) is 0 Å². The van der Waals surface area contributed by atoms with Crippen molar-refractivity contribution >= 4 is 35.1 Å². The first-order valence-electron chi connectivity index (χ1n) is 11.8. The maximum atomic E-state index is 13.8. The normalized spacial score (nSPS) is 20.0. The van der Waals surface area contributed by atoms with Crippen LogP contribution in [-0.4, -0.2) is 49.9 Å². The standard InChI is InChI=1S/C28H26ClNO7/c1-4-36-28(34)23-22(18-11-7-8-12-19(18)29)21(27(33)35-3)15(2)30-24(23)26-25(32)17-10-6-5-9-16(17)20(31)13-14-37-26/h5-12,22,26,30H,4,13-14H2,1-3H3/t22-,26+/m1/s1. The number of carbonyl (C=O) groups is 4. The molecular formula is C28H26ClNO7. The largest absolute Gasteiger partial charge is 0.466 e. The molecule has 2 heterocycles. The quantitative estimate of drug-likeness (QED) is 0.582. The summed E-state index contributed by atoms with van der Waals surface area (Å²) in [6.07, 6.45) is -1.22. The van der Waals surface area contributed by atoms with Crippen LogP contribution in [0, 0.1) is 0 Å². The van der Waals surface area contributed by atoms with Crippen LogP contribution in [0.2, 0.25) is 5.02 Å². The van der Waals surface area contributed by atoms with Crippen LogP contribution in [0.25, 0.3) is 0 Å². The number of nitrogens with one attached hydrogen (secondary N) is 1. The minimum absolute atomic E-state index is 0.00341. The Labute approximate surface area is 219 Å². The second-order valence-electron chi connectivity index (χ2n) is 8.49. The molecule has 0 aliphatic carbocycles. The summed E-state index contributed by atoms with van der Waals surface area (Å²) in [5.74, 6) is -3.13. The van der Waals surface area contributed by atoms with Crippen molar-refractivity contribution in [2.24, 2.45) is 0 Å². The van der Waals surface area contributed by atoms with E-state index in [-0.39, 0.29) is 47.8 Å². The zero-order valence-corrected chi connectivity index (χ0v) is 21.4. The molecule has 0 fully saturated rings. The molecule has 2 aromatic carbocycles. The van der Waals surface area contributed by atoms with Crippen molar-refractivity contribution in [3.8, 4) is 0 Å². The monoisotopic (exact) mass is 523 g/mol. The number of allylic oxidation sites excluding steroid dienone is 1. The van der Waals surface area contributed by atoms with E-state index in [4.69, 9.17) is 25.8 Å². The fourth-order valence-corrected chi connectivity index (χ4v) is 4.92. The Bertz CT molecular complexity index is 1340. The van der Waals surface area contributed by atoms with Gasteiger partial charge in [0.15, 0.2) is 17.7 Å². The summed E-state index contributed by atoms with van der Waals surface area (Å²) in [6, 6.07) is 13.3. The molecule has 0 unspecified atom stereocenters. The molecule has 0 saturated carbocycles. The Balaban J connectivity index is 1.99. The third-order valence-electron chi connectivity index (χ3n) is 6.32. The molecule has 2 aliphatic heterocycles. The fraction of sp³-hybridized carbons (Fsp3) is 0.286. The van der Waals surface area contributed by atoms with Crippen LogP contribution in [0.3, 0.4) is 0 Å². The van der Waals surface area contributed by atoms with Gasteiger partial charge in [0.25, 0.3) is 0 Å². The summed E-state index contributed by atoms with van der Waals surface area (Å²) in [4.78, 5) is 52.9. The van der Waals surface area contributed by atoms with Crippen molar-refractivity contribution in [2.45, 2.75) is 32.3 Å². The lowest BCUT2D eigenvalue weighted by Gasteiger charge is -2.34. The number of esters is 2. The van der Waals surface area contributed by atoms with Gasteiger partial charge in [-0.15, -0.1) is 0 Å². The number of methoxy groups -OCH3 is 1. The number of hydrogen-bond acceptors (Lipinski definition) is 8. The van der Waals surface area contributed by atoms with E-state index in [0.29, 0.717) is 21.8 Å². The Morgan fingerprint density at radius 2 is 1.70 bits per heavy atom. The second-order valence-corrected chi connectivity index (χ2v) is 8.90. The number of ether oxygens (including phenoxy) is 3. The molecule has 4 rings (SSSR count). The van der Waals surface area contributed by atoms with E-state index in [1.165, 1.54) is 7.11 Å². The predicted octanol–water partition coefficient (Wildman–Crippen LogP) is 4.15. The molecule has 2 aliphatic rings. The number of benzene rings is 2. The van der Waals surface area contributed by atoms with Gasteiger partial charge in [0.05, 0.1) is 43.1 Å². The zero-order chi connectivity index (χ0) is 26.7. The first-order chi connectivity index (χ1) is 17.8. The zero-order valence-electron chi connectivity index (χ0n) is 20.6. The topological polar surface area (TPSA) is 108 Å². The Hall–Kier alpha value is -3.75. The number of hydrogen-bond donors (Lipinski definition) is 1. The molecule has 0 spiro atoms. The van der Waals surface area contributed by atoms with Gasteiger partial charge in [0.1, 0.15) is 0 Å². The first kappa shape index (κ1) is 26.3. The maximum Gasteiger partial charge on any atom is 0.336 e. The highest BCUT2D eigenvalue weighted by Gasteiger charge is 2.44. The summed E-state index contributed by atoms with van der Waals surface area (Å²) in [6.45, 7) is 3.30. The molecule has 0 bridgehead atoms. The summed E-state index contributed by atoms with van der Waals surface area (Å²) in [5.41, 5.74) is 1.58. The van der Waals surface area contributed by atoms with E-state index in [1.807, 2.05) is 0 Å². The number of carbonyl (C=O) groups excluding carboxylic acids is 4. The Kier molecular flexibility index (Phi) is 7.90. The summed E-state index contributed by atoms with van der Waals surface area (Å²) in [7, 11) is 1.24. The summed E-state index contributed by atoms with van der Waals surface area (Å²) >= 11 is 6.55. The number of Topliss-reactive ketones (excluding diaryl/α,β-unsaturated/α-hetero) is 2. The molecule has 0 amide bonds. The van der Waals surface area contributed by atoms with E-state index < -0.39 is 29.7 Å². The van der Waals surface area contributed by atoms with Gasteiger partial charge in [0, 0.05) is 28.3 Å². The van der Waals surface area contributed by atoms with Crippen LogP contribution >= 0.6 is 11.6 Å². The van der Waals surface area contributed by atoms with Crippen LogP contribution in [0.1, 0.15) is 52.5 Å². The van der Waals surface area contributed by atoms with Gasteiger partial charge < -0.3 is 19.5 Å². The molecular weight excluding hydrogens is 498 g/mol. The molecule has 9 heteroatoms. The van der Waals surface area contributed by atoms with Crippen molar-refractivity contribution in [2.75, 3.05) is 20.3 Å². The van der Waals surface area contributed by atoms with Gasteiger partial charge in [-0.25, -0.2) is 9.59 Å². The molecule has 0 aromatic heterocycles. The average Bonchev–Trinajstić information content (AvgIpc) is 2.89. The lowest BCUT2D eigenvalue weighted by molar-refractivity contribution is -0.139. The number of halogens is 1.